The molecule has 0 spiro atoms. The fourth-order valence-electron chi connectivity index (χ4n) is 2.88. The van der Waals surface area contributed by atoms with E-state index in [1.807, 2.05) is 0 Å². The van der Waals surface area contributed by atoms with Crippen LogP contribution in [0.15, 0.2) is 4.52 Å². The largest absolute Gasteiger partial charge is 0.342 e. The topological polar surface area (TPSA) is 97.3 Å². The maximum Gasteiger partial charge on any atom is 0.240 e. The summed E-state index contributed by atoms with van der Waals surface area (Å²) in [5.74, 6) is 1.01. The van der Waals surface area contributed by atoms with E-state index in [9.17, 15) is 4.79 Å². The molecule has 140 valence electrons. The smallest absolute Gasteiger partial charge is 0.240 e. The quantitative estimate of drug-likeness (QED) is 0.749. The fraction of sp³-hybridized carbons (Fsp3) is 0.800. The number of aromatic nitrogens is 2. The van der Waals surface area contributed by atoms with Gasteiger partial charge in [0.05, 0.1) is 12.6 Å². The third kappa shape index (κ3) is 5.31. The van der Waals surface area contributed by atoms with Gasteiger partial charge in [-0.2, -0.15) is 4.98 Å². The zero-order valence-electron chi connectivity index (χ0n) is 14.6. The third-order valence-corrected chi connectivity index (χ3v) is 4.38. The lowest BCUT2D eigenvalue weighted by molar-refractivity contribution is -0.124. The zero-order valence-corrected chi connectivity index (χ0v) is 16.2. The highest BCUT2D eigenvalue weighted by molar-refractivity contribution is 5.85. The van der Waals surface area contributed by atoms with E-state index in [4.69, 9.17) is 10.3 Å². The molecule has 0 bridgehead atoms. The Kier molecular flexibility index (Phi) is 9.80. The molecule has 1 unspecified atom stereocenters. The van der Waals surface area contributed by atoms with Crippen LogP contribution in [0.1, 0.15) is 58.2 Å². The van der Waals surface area contributed by atoms with Gasteiger partial charge in [0.25, 0.3) is 0 Å². The van der Waals surface area contributed by atoms with Crippen molar-refractivity contribution in [3.63, 3.8) is 0 Å². The van der Waals surface area contributed by atoms with E-state index >= 15 is 0 Å². The second-order valence-corrected chi connectivity index (χ2v) is 6.04. The van der Waals surface area contributed by atoms with Crippen molar-refractivity contribution < 1.29 is 9.32 Å². The van der Waals surface area contributed by atoms with Gasteiger partial charge in [-0.25, -0.2) is 0 Å². The molecule has 0 saturated heterocycles. The Morgan fingerprint density at radius 2 is 1.92 bits per heavy atom. The summed E-state index contributed by atoms with van der Waals surface area (Å²) in [5, 5.41) is 7.18. The predicted octanol–water partition coefficient (Wildman–Crippen LogP) is 1.99. The Morgan fingerprint density at radius 3 is 2.42 bits per heavy atom. The summed E-state index contributed by atoms with van der Waals surface area (Å²) in [5.41, 5.74) is 5.16. The molecule has 1 saturated carbocycles. The van der Waals surface area contributed by atoms with Crippen molar-refractivity contribution in [1.29, 1.82) is 0 Å². The molecule has 24 heavy (non-hydrogen) atoms. The van der Waals surface area contributed by atoms with E-state index in [0.29, 0.717) is 18.3 Å². The van der Waals surface area contributed by atoms with E-state index < -0.39 is 11.6 Å². The van der Waals surface area contributed by atoms with Gasteiger partial charge >= 0.3 is 0 Å². The van der Waals surface area contributed by atoms with Gasteiger partial charge in [-0.3, -0.25) is 9.69 Å². The number of carbonyl (C=O) groups excluding carboxylic acids is 1. The predicted molar refractivity (Wildman–Crippen MR) is 97.4 cm³/mol. The molecule has 1 aliphatic rings. The molecule has 0 radical (unpaired) electrons. The highest BCUT2D eigenvalue weighted by atomic mass is 35.5. The van der Waals surface area contributed by atoms with Crippen molar-refractivity contribution in [2.45, 2.75) is 64.6 Å². The fourth-order valence-corrected chi connectivity index (χ4v) is 2.88. The molecular weight excluding hydrogens is 353 g/mol. The average Bonchev–Trinajstić information content (AvgIpc) is 3.14. The number of hydrogen-bond acceptors (Lipinski definition) is 6. The van der Waals surface area contributed by atoms with Gasteiger partial charge in [-0.1, -0.05) is 31.8 Å². The second kappa shape index (κ2) is 10.2. The maximum atomic E-state index is 12.0. The number of rotatable bonds is 7. The van der Waals surface area contributed by atoms with Crippen LogP contribution in [0, 0.1) is 0 Å². The first-order valence-electron chi connectivity index (χ1n) is 8.13. The first-order valence-corrected chi connectivity index (χ1v) is 8.13. The van der Waals surface area contributed by atoms with Crippen LogP contribution in [-0.4, -0.2) is 40.1 Å². The van der Waals surface area contributed by atoms with Crippen LogP contribution in [0.25, 0.3) is 0 Å². The standard InChI is InChI=1S/C15H27N5O2.2ClH/c1-4-20(5-2)10-12-17-14(19-22-12)15(8-6-7-9-15)18-13(21)11(3)16;;/h11H,4-10,16H2,1-3H3,(H,18,21);2*1H. The number of nitrogens with one attached hydrogen (secondary N) is 1. The van der Waals surface area contributed by atoms with E-state index in [-0.39, 0.29) is 30.7 Å². The van der Waals surface area contributed by atoms with Gasteiger partial charge in [0.1, 0.15) is 5.54 Å². The third-order valence-electron chi connectivity index (χ3n) is 4.38. The van der Waals surface area contributed by atoms with Crippen LogP contribution in [0.3, 0.4) is 0 Å². The molecule has 1 aromatic rings. The molecule has 1 aliphatic carbocycles. The summed E-state index contributed by atoms with van der Waals surface area (Å²) in [7, 11) is 0. The molecule has 1 amide bonds. The molecule has 1 heterocycles. The summed E-state index contributed by atoms with van der Waals surface area (Å²) >= 11 is 0. The summed E-state index contributed by atoms with van der Waals surface area (Å²) in [4.78, 5) is 18.8. The maximum absolute atomic E-state index is 12.0. The summed E-state index contributed by atoms with van der Waals surface area (Å²) in [6.07, 6.45) is 3.74. The summed E-state index contributed by atoms with van der Waals surface area (Å²) in [6, 6.07) is -0.542. The number of amides is 1. The molecule has 2 rings (SSSR count). The van der Waals surface area contributed by atoms with Crippen molar-refractivity contribution in [3.05, 3.63) is 11.7 Å². The molecule has 1 atom stereocenters. The van der Waals surface area contributed by atoms with E-state index in [1.54, 1.807) is 6.92 Å². The Bertz CT molecular complexity index is 500. The van der Waals surface area contributed by atoms with E-state index in [1.165, 1.54) is 0 Å². The SMILES string of the molecule is CCN(CC)Cc1nc(C2(NC(=O)C(C)N)CCCC2)no1.Cl.Cl. The van der Waals surface area contributed by atoms with Gasteiger partial charge in [-0.15, -0.1) is 24.8 Å². The highest BCUT2D eigenvalue weighted by Crippen LogP contribution is 2.37. The lowest BCUT2D eigenvalue weighted by Gasteiger charge is -2.27. The van der Waals surface area contributed by atoms with E-state index in [0.717, 1.165) is 38.8 Å². The van der Waals surface area contributed by atoms with Gasteiger partial charge in [-0.05, 0) is 32.9 Å². The molecule has 1 fully saturated rings. The van der Waals surface area contributed by atoms with Gasteiger partial charge in [0.2, 0.25) is 11.8 Å². The van der Waals surface area contributed by atoms with Crippen molar-refractivity contribution in [1.82, 2.24) is 20.4 Å². The van der Waals surface area contributed by atoms with Crippen molar-refractivity contribution in [2.75, 3.05) is 13.1 Å². The Morgan fingerprint density at radius 1 is 1.33 bits per heavy atom. The van der Waals surface area contributed by atoms with Crippen LogP contribution >= 0.6 is 24.8 Å². The van der Waals surface area contributed by atoms with Crippen LogP contribution in [-0.2, 0) is 16.9 Å². The number of nitrogens with two attached hydrogens (primary N) is 1. The molecule has 3 N–H and O–H groups in total. The Labute approximate surface area is 155 Å². The monoisotopic (exact) mass is 381 g/mol. The van der Waals surface area contributed by atoms with Crippen molar-refractivity contribution in [3.8, 4) is 0 Å². The zero-order chi connectivity index (χ0) is 16.2. The molecule has 9 heteroatoms. The van der Waals surface area contributed by atoms with Crippen LogP contribution in [0.2, 0.25) is 0 Å². The molecule has 0 aliphatic heterocycles. The minimum absolute atomic E-state index is 0. The lowest BCUT2D eigenvalue weighted by atomic mass is 9.96. The molecule has 0 aromatic carbocycles. The summed E-state index contributed by atoms with van der Waals surface area (Å²) < 4.78 is 5.39. The van der Waals surface area contributed by atoms with Crippen LogP contribution in [0.4, 0.5) is 0 Å². The molecular formula is C15H29Cl2N5O2. The van der Waals surface area contributed by atoms with Gasteiger partial charge in [0.15, 0.2) is 5.82 Å². The molecule has 1 aromatic heterocycles. The van der Waals surface area contributed by atoms with Crippen molar-refractivity contribution in [2.24, 2.45) is 5.73 Å². The van der Waals surface area contributed by atoms with Crippen LogP contribution in [0.5, 0.6) is 0 Å². The number of nitrogens with zero attached hydrogens (tertiary/aromatic N) is 3. The number of hydrogen-bond donors (Lipinski definition) is 2. The Hall–Kier alpha value is -0.890. The molecule has 7 nitrogen and oxygen atoms in total. The minimum Gasteiger partial charge on any atom is -0.342 e. The first kappa shape index (κ1) is 23.1. The normalized spacial score (nSPS) is 17.0. The lowest BCUT2D eigenvalue weighted by Crippen LogP contribution is -2.50. The van der Waals surface area contributed by atoms with Gasteiger partial charge < -0.3 is 15.6 Å². The van der Waals surface area contributed by atoms with E-state index in [2.05, 4.69) is 34.2 Å². The second-order valence-electron chi connectivity index (χ2n) is 6.04. The minimum atomic E-state index is -0.542. The Balaban J connectivity index is 0.00000264. The van der Waals surface area contributed by atoms with Gasteiger partial charge in [0, 0.05) is 0 Å². The first-order chi connectivity index (χ1) is 10.5. The number of carbonyl (C=O) groups is 1. The number of halogens is 2. The summed E-state index contributed by atoms with van der Waals surface area (Å²) in [6.45, 7) is 8.38. The average molecular weight is 382 g/mol. The van der Waals surface area contributed by atoms with Crippen molar-refractivity contribution >= 4 is 30.7 Å². The van der Waals surface area contributed by atoms with Crippen LogP contribution < -0.4 is 11.1 Å². The highest BCUT2D eigenvalue weighted by Gasteiger charge is 2.41.